The average Bonchev–Trinajstić information content (AvgIpc) is 3.43. The molecule has 2 heterocycles. The Morgan fingerprint density at radius 2 is 1.89 bits per heavy atom. The summed E-state index contributed by atoms with van der Waals surface area (Å²) in [6, 6.07) is 7.88. The van der Waals surface area contributed by atoms with E-state index in [4.69, 9.17) is 9.72 Å². The van der Waals surface area contributed by atoms with E-state index < -0.39 is 0 Å². The molecule has 4 aromatic rings. The fraction of sp³-hybridized carbons (Fsp3) is 0.250. The molecule has 0 bridgehead atoms. The van der Waals surface area contributed by atoms with Crippen molar-refractivity contribution in [2.24, 2.45) is 0 Å². The molecule has 1 atom stereocenters. The maximum absolute atomic E-state index is 14.3. The van der Waals surface area contributed by atoms with E-state index >= 15 is 0 Å². The molecule has 2 aromatic carbocycles. The number of H-pyrrole nitrogens is 2. The van der Waals surface area contributed by atoms with Crippen molar-refractivity contribution in [2.75, 3.05) is 13.2 Å². The van der Waals surface area contributed by atoms with Crippen LogP contribution < -0.4 is 10.1 Å². The van der Waals surface area contributed by atoms with Crippen LogP contribution in [0.4, 0.5) is 8.78 Å². The van der Waals surface area contributed by atoms with Crippen molar-refractivity contribution in [1.29, 1.82) is 0 Å². The molecular formula is C28H27F2N5O2. The number of rotatable bonds is 7. The molecule has 37 heavy (non-hydrogen) atoms. The molecule has 0 radical (unpaired) electrons. The monoisotopic (exact) mass is 503 g/mol. The molecule has 7 nitrogen and oxygen atoms in total. The second-order valence-electron chi connectivity index (χ2n) is 9.18. The van der Waals surface area contributed by atoms with E-state index in [9.17, 15) is 13.6 Å². The van der Waals surface area contributed by atoms with Crippen LogP contribution in [-0.4, -0.2) is 39.0 Å². The van der Waals surface area contributed by atoms with Crippen LogP contribution in [0.15, 0.2) is 48.1 Å². The number of allylic oxidation sites excluding steroid dienone is 1. The summed E-state index contributed by atoms with van der Waals surface area (Å²) in [5.41, 5.74) is 4.46. The molecular weight excluding hydrogens is 476 g/mol. The Balaban J connectivity index is 1.20. The Morgan fingerprint density at radius 1 is 1.08 bits per heavy atom. The molecule has 190 valence electrons. The Kier molecular flexibility index (Phi) is 6.60. The van der Waals surface area contributed by atoms with E-state index in [0.717, 1.165) is 17.0 Å². The fourth-order valence-electron chi connectivity index (χ4n) is 4.27. The number of benzene rings is 2. The summed E-state index contributed by atoms with van der Waals surface area (Å²) >= 11 is 0. The van der Waals surface area contributed by atoms with Crippen LogP contribution >= 0.6 is 0 Å². The summed E-state index contributed by atoms with van der Waals surface area (Å²) < 4.78 is 33.2. The molecule has 2 aromatic heterocycles. The Hall–Kier alpha value is -4.27. The van der Waals surface area contributed by atoms with Crippen molar-refractivity contribution in [3.05, 3.63) is 93.9 Å². The van der Waals surface area contributed by atoms with E-state index in [1.165, 1.54) is 12.1 Å². The largest absolute Gasteiger partial charge is 0.492 e. The highest BCUT2D eigenvalue weighted by molar-refractivity contribution is 5.97. The molecule has 1 unspecified atom stereocenters. The predicted molar refractivity (Wildman–Crippen MR) is 137 cm³/mol. The number of nitrogens with zero attached hydrogens (tertiary/aromatic N) is 2. The molecule has 0 aliphatic heterocycles. The highest BCUT2D eigenvalue weighted by Crippen LogP contribution is 2.27. The second kappa shape index (κ2) is 10.0. The van der Waals surface area contributed by atoms with Crippen molar-refractivity contribution in [1.82, 2.24) is 25.3 Å². The van der Waals surface area contributed by atoms with Crippen molar-refractivity contribution in [3.8, 4) is 5.75 Å². The molecule has 1 amide bonds. The van der Waals surface area contributed by atoms with Gasteiger partial charge >= 0.3 is 0 Å². The third-order valence-electron chi connectivity index (χ3n) is 6.35. The highest BCUT2D eigenvalue weighted by atomic mass is 19.1. The van der Waals surface area contributed by atoms with Gasteiger partial charge in [-0.25, -0.2) is 18.7 Å². The first-order chi connectivity index (χ1) is 17.8. The van der Waals surface area contributed by atoms with Crippen molar-refractivity contribution < 1.29 is 18.3 Å². The lowest BCUT2D eigenvalue weighted by Gasteiger charge is -2.09. The number of carbonyl (C=O) groups excluding carboxylic acids is 1. The molecule has 9 heteroatoms. The van der Waals surface area contributed by atoms with Gasteiger partial charge in [0.25, 0.3) is 5.91 Å². The number of hydrogen-bond donors (Lipinski definition) is 3. The van der Waals surface area contributed by atoms with Crippen LogP contribution in [0.25, 0.3) is 17.1 Å². The fourth-order valence-corrected chi connectivity index (χ4v) is 4.27. The van der Waals surface area contributed by atoms with Crippen molar-refractivity contribution >= 4 is 23.0 Å². The lowest BCUT2D eigenvalue weighted by molar-refractivity contribution is -0.117. The molecule has 3 N–H and O–H groups in total. The molecule has 0 spiro atoms. The van der Waals surface area contributed by atoms with Crippen LogP contribution in [0.3, 0.4) is 0 Å². The van der Waals surface area contributed by atoms with Gasteiger partial charge in [0.15, 0.2) is 5.82 Å². The smallest absolute Gasteiger partial charge is 0.251 e. The average molecular weight is 504 g/mol. The van der Waals surface area contributed by atoms with Gasteiger partial charge in [0.05, 0.1) is 23.7 Å². The van der Waals surface area contributed by atoms with Gasteiger partial charge in [-0.1, -0.05) is 6.08 Å². The number of halogens is 2. The second-order valence-corrected chi connectivity index (χ2v) is 9.18. The number of aromatic amines is 2. The molecule has 5 rings (SSSR count). The zero-order valence-corrected chi connectivity index (χ0v) is 20.8. The van der Waals surface area contributed by atoms with Gasteiger partial charge in [-0.3, -0.25) is 4.79 Å². The lowest BCUT2D eigenvalue weighted by Crippen LogP contribution is -2.29. The van der Waals surface area contributed by atoms with Gasteiger partial charge in [-0.15, -0.1) is 0 Å². The van der Waals surface area contributed by atoms with Crippen LogP contribution in [0.5, 0.6) is 5.75 Å². The van der Waals surface area contributed by atoms with E-state index in [1.807, 2.05) is 26.0 Å². The number of aromatic nitrogens is 4. The zero-order chi connectivity index (χ0) is 26.1. The number of ether oxygens (including phenoxy) is 1. The first kappa shape index (κ1) is 24.4. The number of imidazole rings is 2. The molecule has 1 aliphatic carbocycles. The standard InChI is InChI=1S/C28H27F2N5O2/c1-15-12-21(30)25-24(13-15)34-27(35-25)17(3)26-32-22-8-4-18(5-9-23(22)33-26)28(36)31-10-11-37-19-6-7-20(29)16(2)14-19/h4-8,12-14,17H,9-11H2,1-3H3,(H,31,36)(H,32,33)(H,34,35). The van der Waals surface area contributed by atoms with E-state index in [-0.39, 0.29) is 30.1 Å². The summed E-state index contributed by atoms with van der Waals surface area (Å²) in [7, 11) is 0. The number of hydrogen-bond acceptors (Lipinski definition) is 4. The van der Waals surface area contributed by atoms with Crippen LogP contribution in [-0.2, 0) is 11.2 Å². The minimum atomic E-state index is -0.351. The van der Waals surface area contributed by atoms with Crippen LogP contribution in [0.2, 0.25) is 0 Å². The number of nitrogens with one attached hydrogen (secondary N) is 3. The van der Waals surface area contributed by atoms with Crippen molar-refractivity contribution in [2.45, 2.75) is 33.1 Å². The van der Waals surface area contributed by atoms with Gasteiger partial charge in [0.1, 0.15) is 35.3 Å². The quantitative estimate of drug-likeness (QED) is 0.309. The molecule has 0 fully saturated rings. The van der Waals surface area contributed by atoms with Crippen molar-refractivity contribution in [3.63, 3.8) is 0 Å². The van der Waals surface area contributed by atoms with E-state index in [2.05, 4.69) is 20.3 Å². The summed E-state index contributed by atoms with van der Waals surface area (Å²) in [6.07, 6.45) is 5.89. The number of carbonyl (C=O) groups is 1. The van der Waals surface area contributed by atoms with Gasteiger partial charge < -0.3 is 20.0 Å². The Morgan fingerprint density at radius 3 is 2.70 bits per heavy atom. The summed E-state index contributed by atoms with van der Waals surface area (Å²) in [5, 5.41) is 2.84. The zero-order valence-electron chi connectivity index (χ0n) is 20.8. The third kappa shape index (κ3) is 5.16. The molecule has 1 aliphatic rings. The normalized spacial score (nSPS) is 13.7. The maximum atomic E-state index is 14.3. The Labute approximate surface area is 212 Å². The minimum absolute atomic E-state index is 0.205. The lowest BCUT2D eigenvalue weighted by atomic mass is 10.1. The number of fused-ring (bicyclic) bond motifs is 2. The summed E-state index contributed by atoms with van der Waals surface area (Å²) in [6.45, 7) is 6.04. The first-order valence-electron chi connectivity index (χ1n) is 12.1. The Bertz CT molecular complexity index is 1550. The highest BCUT2D eigenvalue weighted by Gasteiger charge is 2.21. The first-order valence-corrected chi connectivity index (χ1v) is 12.1. The third-order valence-corrected chi connectivity index (χ3v) is 6.35. The predicted octanol–water partition coefficient (Wildman–Crippen LogP) is 5.02. The van der Waals surface area contributed by atoms with Gasteiger partial charge in [0, 0.05) is 17.7 Å². The van der Waals surface area contributed by atoms with Crippen LogP contribution in [0, 0.1) is 25.5 Å². The minimum Gasteiger partial charge on any atom is -0.492 e. The number of amides is 1. The number of aryl methyl sites for hydroxylation is 2. The van der Waals surface area contributed by atoms with Crippen LogP contribution in [0.1, 0.15) is 47.0 Å². The summed E-state index contributed by atoms with van der Waals surface area (Å²) in [5.74, 6) is 0.836. The van der Waals surface area contributed by atoms with E-state index in [0.29, 0.717) is 52.5 Å². The molecule has 0 saturated carbocycles. The van der Waals surface area contributed by atoms with E-state index in [1.54, 1.807) is 31.2 Å². The van der Waals surface area contributed by atoms with Gasteiger partial charge in [-0.05, 0) is 74.4 Å². The maximum Gasteiger partial charge on any atom is 0.251 e. The van der Waals surface area contributed by atoms with Gasteiger partial charge in [-0.2, -0.15) is 0 Å². The molecule has 0 saturated heterocycles. The topological polar surface area (TPSA) is 95.7 Å². The SMILES string of the molecule is Cc1cc(F)c2nc(C(C)c3nc4c([nH]3)CC=C(C(=O)NCCOc3ccc(F)c(C)c3)C=C4)[nH]c2c1. The summed E-state index contributed by atoms with van der Waals surface area (Å²) in [4.78, 5) is 28.3. The van der Waals surface area contributed by atoms with Gasteiger partial charge in [0.2, 0.25) is 0 Å².